The van der Waals surface area contributed by atoms with Crippen LogP contribution >= 0.6 is 27.3 Å². The maximum Gasteiger partial charge on any atom is 0.107 e. The normalized spacial score (nSPS) is 27.4. The van der Waals surface area contributed by atoms with Crippen molar-refractivity contribution in [1.82, 2.24) is 0 Å². The summed E-state index contributed by atoms with van der Waals surface area (Å²) < 4.78 is 1.04. The van der Waals surface area contributed by atoms with Gasteiger partial charge in [0.2, 0.25) is 0 Å². The van der Waals surface area contributed by atoms with Crippen LogP contribution in [0.15, 0.2) is 46.3 Å². The van der Waals surface area contributed by atoms with E-state index < -0.39 is 5.60 Å². The molecule has 0 saturated heterocycles. The van der Waals surface area contributed by atoms with Crippen LogP contribution in [0.5, 0.6) is 0 Å². The lowest BCUT2D eigenvalue weighted by atomic mass is 9.71. The first kappa shape index (κ1) is 13.3. The van der Waals surface area contributed by atoms with Crippen molar-refractivity contribution in [1.29, 1.82) is 0 Å². The molecule has 2 atom stereocenters. The Hall–Kier alpha value is -0.640. The quantitative estimate of drug-likeness (QED) is 0.812. The van der Waals surface area contributed by atoms with Gasteiger partial charge >= 0.3 is 0 Å². The Morgan fingerprint density at radius 2 is 1.95 bits per heavy atom. The van der Waals surface area contributed by atoms with Crippen LogP contribution in [0.25, 0.3) is 0 Å². The summed E-state index contributed by atoms with van der Waals surface area (Å²) >= 11 is 5.24. The highest BCUT2D eigenvalue weighted by Gasteiger charge is 2.43. The van der Waals surface area contributed by atoms with Crippen molar-refractivity contribution >= 4 is 27.3 Å². The molecule has 3 heteroatoms. The topological polar surface area (TPSA) is 20.2 Å². The van der Waals surface area contributed by atoms with Crippen LogP contribution in [0.4, 0.5) is 0 Å². The minimum atomic E-state index is -0.716. The number of hydrogen-bond donors (Lipinski definition) is 1. The zero-order chi connectivity index (χ0) is 13.3. The Morgan fingerprint density at radius 3 is 2.63 bits per heavy atom. The second kappa shape index (κ2) is 5.39. The highest BCUT2D eigenvalue weighted by Crippen LogP contribution is 2.50. The molecule has 0 aliphatic heterocycles. The molecule has 1 aromatic carbocycles. The summed E-state index contributed by atoms with van der Waals surface area (Å²) in [4.78, 5) is 1.08. The van der Waals surface area contributed by atoms with Crippen LogP contribution in [0, 0.1) is 0 Å². The van der Waals surface area contributed by atoms with Gasteiger partial charge in [0.25, 0.3) is 0 Å². The first-order chi connectivity index (χ1) is 9.22. The van der Waals surface area contributed by atoms with Gasteiger partial charge in [0.15, 0.2) is 0 Å². The van der Waals surface area contributed by atoms with Crippen molar-refractivity contribution in [2.24, 2.45) is 0 Å². The Kier molecular flexibility index (Phi) is 3.79. The van der Waals surface area contributed by atoms with Gasteiger partial charge in [-0.3, -0.25) is 0 Å². The Balaban J connectivity index is 2.04. The van der Waals surface area contributed by atoms with E-state index >= 15 is 0 Å². The van der Waals surface area contributed by atoms with Crippen molar-refractivity contribution in [2.75, 3.05) is 0 Å². The fraction of sp³-hybridized carbons (Fsp3) is 0.375. The summed E-state index contributed by atoms with van der Waals surface area (Å²) in [5.74, 6) is 0.206. The number of thiophene rings is 1. The lowest BCUT2D eigenvalue weighted by molar-refractivity contribution is -0.0197. The van der Waals surface area contributed by atoms with Crippen molar-refractivity contribution in [3.63, 3.8) is 0 Å². The average molecular weight is 337 g/mol. The molecule has 2 aromatic rings. The first-order valence-electron chi connectivity index (χ1n) is 6.72. The van der Waals surface area contributed by atoms with E-state index in [1.807, 2.05) is 17.5 Å². The molecule has 1 aromatic heterocycles. The first-order valence-corrected chi connectivity index (χ1v) is 8.40. The predicted octanol–water partition coefficient (Wildman–Crippen LogP) is 5.06. The second-order valence-electron chi connectivity index (χ2n) is 5.23. The summed E-state index contributed by atoms with van der Waals surface area (Å²) in [5.41, 5.74) is 0.539. The third-order valence-electron chi connectivity index (χ3n) is 4.09. The van der Waals surface area contributed by atoms with Gasteiger partial charge in [-0.2, -0.15) is 0 Å². The molecule has 3 rings (SSSR count). The molecular weight excluding hydrogens is 320 g/mol. The number of halogens is 1. The molecule has 2 unspecified atom stereocenters. The molecule has 0 radical (unpaired) electrons. The maximum atomic E-state index is 11.3. The Bertz CT molecular complexity index is 551. The summed E-state index contributed by atoms with van der Waals surface area (Å²) in [6, 6.07) is 12.5. The van der Waals surface area contributed by atoms with E-state index in [4.69, 9.17) is 0 Å². The van der Waals surface area contributed by atoms with Gasteiger partial charge in [-0.15, -0.1) is 11.3 Å². The molecule has 0 amide bonds. The summed E-state index contributed by atoms with van der Waals surface area (Å²) in [5, 5.41) is 13.4. The number of rotatable bonds is 2. The van der Waals surface area contributed by atoms with Gasteiger partial charge < -0.3 is 5.11 Å². The van der Waals surface area contributed by atoms with Gasteiger partial charge in [-0.05, 0) is 45.8 Å². The third kappa shape index (κ3) is 2.39. The minimum absolute atomic E-state index is 0.206. The van der Waals surface area contributed by atoms with Gasteiger partial charge in [0, 0.05) is 10.4 Å². The zero-order valence-corrected chi connectivity index (χ0v) is 13.1. The van der Waals surface area contributed by atoms with E-state index in [-0.39, 0.29) is 5.92 Å². The zero-order valence-electron chi connectivity index (χ0n) is 10.7. The molecule has 1 saturated carbocycles. The molecule has 19 heavy (non-hydrogen) atoms. The lowest BCUT2D eigenvalue weighted by Gasteiger charge is -2.40. The molecule has 0 bridgehead atoms. The highest BCUT2D eigenvalue weighted by molar-refractivity contribution is 9.10. The van der Waals surface area contributed by atoms with E-state index in [2.05, 4.69) is 40.2 Å². The van der Waals surface area contributed by atoms with Crippen LogP contribution in [-0.4, -0.2) is 5.11 Å². The number of hydrogen-bond acceptors (Lipinski definition) is 2. The molecule has 1 nitrogen and oxygen atoms in total. The fourth-order valence-electron chi connectivity index (χ4n) is 3.16. The summed E-state index contributed by atoms with van der Waals surface area (Å²) in [6.45, 7) is 0. The third-order valence-corrected chi connectivity index (χ3v) is 6.09. The van der Waals surface area contributed by atoms with E-state index in [0.29, 0.717) is 0 Å². The lowest BCUT2D eigenvalue weighted by Crippen LogP contribution is -2.35. The number of benzene rings is 1. The van der Waals surface area contributed by atoms with Crippen molar-refractivity contribution in [3.8, 4) is 0 Å². The molecule has 1 heterocycles. The molecule has 1 aliphatic carbocycles. The summed E-state index contributed by atoms with van der Waals surface area (Å²) in [6.07, 6.45) is 4.21. The van der Waals surface area contributed by atoms with E-state index in [1.54, 1.807) is 11.3 Å². The largest absolute Gasteiger partial charge is 0.384 e. The molecular formula is C16H17BrOS. The van der Waals surface area contributed by atoms with Crippen molar-refractivity contribution < 1.29 is 5.11 Å². The highest BCUT2D eigenvalue weighted by atomic mass is 79.9. The molecule has 0 spiro atoms. The second-order valence-corrected chi connectivity index (χ2v) is 7.00. The summed E-state index contributed by atoms with van der Waals surface area (Å²) in [7, 11) is 0. The molecule has 1 aliphatic rings. The van der Waals surface area contributed by atoms with E-state index in [9.17, 15) is 5.11 Å². The SMILES string of the molecule is OC1(c2sccc2Br)CCCCC1c1ccccc1. The van der Waals surface area contributed by atoms with Crippen LogP contribution in [0.3, 0.4) is 0 Å². The van der Waals surface area contributed by atoms with E-state index in [1.165, 1.54) is 12.0 Å². The van der Waals surface area contributed by atoms with Crippen molar-refractivity contribution in [2.45, 2.75) is 37.2 Å². The predicted molar refractivity (Wildman–Crippen MR) is 83.6 cm³/mol. The van der Waals surface area contributed by atoms with Gasteiger partial charge in [-0.1, -0.05) is 43.2 Å². The van der Waals surface area contributed by atoms with Crippen molar-refractivity contribution in [3.05, 3.63) is 56.7 Å². The molecule has 1 N–H and O–H groups in total. The smallest absolute Gasteiger partial charge is 0.107 e. The standard InChI is InChI=1S/C16H17BrOS/c17-14-9-11-19-15(14)16(18)10-5-4-8-13(16)12-6-2-1-3-7-12/h1-3,6-7,9,11,13,18H,4-5,8,10H2. The minimum Gasteiger partial charge on any atom is -0.384 e. The Morgan fingerprint density at radius 1 is 1.16 bits per heavy atom. The number of aliphatic hydroxyl groups is 1. The van der Waals surface area contributed by atoms with Crippen LogP contribution in [0.2, 0.25) is 0 Å². The van der Waals surface area contributed by atoms with Crippen LogP contribution in [0.1, 0.15) is 42.0 Å². The maximum absolute atomic E-state index is 11.3. The van der Waals surface area contributed by atoms with Crippen LogP contribution in [-0.2, 0) is 5.60 Å². The van der Waals surface area contributed by atoms with Crippen LogP contribution < -0.4 is 0 Å². The monoisotopic (exact) mass is 336 g/mol. The Labute approximate surface area is 126 Å². The van der Waals surface area contributed by atoms with E-state index in [0.717, 1.165) is 28.6 Å². The fourth-order valence-corrected chi connectivity index (χ4v) is 5.06. The van der Waals surface area contributed by atoms with Gasteiger partial charge in [0.1, 0.15) is 5.60 Å². The average Bonchev–Trinajstić information content (AvgIpc) is 2.87. The molecule has 100 valence electrons. The molecule has 1 fully saturated rings. The van der Waals surface area contributed by atoms with Gasteiger partial charge in [0.05, 0.1) is 4.88 Å². The van der Waals surface area contributed by atoms with Gasteiger partial charge in [-0.25, -0.2) is 0 Å².